The van der Waals surface area contributed by atoms with Crippen molar-refractivity contribution in [1.29, 1.82) is 0 Å². The molecule has 1 unspecified atom stereocenters. The van der Waals surface area contributed by atoms with E-state index in [4.69, 9.17) is 4.74 Å². The molecule has 1 aliphatic carbocycles. The molecule has 4 nitrogen and oxygen atoms in total. The number of para-hydroxylation sites is 1. The van der Waals surface area contributed by atoms with Crippen LogP contribution < -0.4 is 10.2 Å². The normalized spacial score (nSPS) is 27.0. The minimum absolute atomic E-state index is 0.170. The van der Waals surface area contributed by atoms with Crippen LogP contribution >= 0.6 is 0 Å². The highest BCUT2D eigenvalue weighted by Gasteiger charge is 2.31. The quantitative estimate of drug-likeness (QED) is 0.908. The molecular weight excluding hydrogens is 288 g/mol. The van der Waals surface area contributed by atoms with Crippen LogP contribution in [0.4, 0.5) is 5.69 Å². The predicted molar refractivity (Wildman–Crippen MR) is 92.8 cm³/mol. The van der Waals surface area contributed by atoms with Crippen molar-refractivity contribution in [2.24, 2.45) is 0 Å². The van der Waals surface area contributed by atoms with E-state index in [1.54, 1.807) is 0 Å². The number of benzene rings is 1. The van der Waals surface area contributed by atoms with Crippen LogP contribution in [0.25, 0.3) is 0 Å². The molecule has 0 bridgehead atoms. The van der Waals surface area contributed by atoms with E-state index >= 15 is 0 Å². The van der Waals surface area contributed by atoms with Crippen molar-refractivity contribution in [1.82, 2.24) is 5.32 Å². The molecule has 4 heteroatoms. The minimum atomic E-state index is 0.170. The molecule has 23 heavy (non-hydrogen) atoms. The van der Waals surface area contributed by atoms with Gasteiger partial charge in [0.1, 0.15) is 0 Å². The number of nitrogens with zero attached hydrogens (tertiary/aromatic N) is 1. The van der Waals surface area contributed by atoms with Gasteiger partial charge in [0.05, 0.1) is 12.6 Å². The number of carbonyl (C=O) groups excluding carboxylic acids is 1. The van der Waals surface area contributed by atoms with Gasteiger partial charge in [-0.25, -0.2) is 0 Å². The Labute approximate surface area is 139 Å². The fourth-order valence-corrected chi connectivity index (χ4v) is 3.99. The highest BCUT2D eigenvalue weighted by molar-refractivity contribution is 5.97. The van der Waals surface area contributed by atoms with Gasteiger partial charge in [0.15, 0.2) is 0 Å². The summed E-state index contributed by atoms with van der Waals surface area (Å²) in [6, 6.07) is 8.79. The van der Waals surface area contributed by atoms with E-state index in [-0.39, 0.29) is 18.1 Å². The Kier molecular flexibility index (Phi) is 5.34. The molecule has 1 amide bonds. The Morgan fingerprint density at radius 3 is 2.91 bits per heavy atom. The van der Waals surface area contributed by atoms with E-state index in [9.17, 15) is 4.79 Å². The molecule has 1 N–H and O–H groups in total. The first-order valence-electron chi connectivity index (χ1n) is 8.95. The van der Waals surface area contributed by atoms with E-state index in [2.05, 4.69) is 24.4 Å². The van der Waals surface area contributed by atoms with Crippen LogP contribution in [0.15, 0.2) is 24.3 Å². The molecule has 0 aromatic heterocycles. The predicted octanol–water partition coefficient (Wildman–Crippen LogP) is 2.90. The van der Waals surface area contributed by atoms with Crippen LogP contribution in [0.1, 0.15) is 45.1 Å². The first kappa shape index (κ1) is 16.5. The number of fused-ring (bicyclic) bond motifs is 1. The van der Waals surface area contributed by atoms with Crippen molar-refractivity contribution in [2.45, 2.75) is 64.1 Å². The molecule has 0 radical (unpaired) electrons. The Balaban J connectivity index is 1.61. The standard InChI is InChI=1S/C19H28N2O2/c1-3-23-18-11-7-5-9-16(18)20-13-19(22)21-14(2)12-15-8-4-6-10-17(15)21/h4,6,8,10,14,16,18,20H,3,5,7,9,11-13H2,1-2H3/t14?,16-,18-/m1/s1. The van der Waals surface area contributed by atoms with Crippen LogP contribution in [0.3, 0.4) is 0 Å². The molecule has 1 heterocycles. The first-order valence-corrected chi connectivity index (χ1v) is 8.95. The second-order valence-corrected chi connectivity index (χ2v) is 6.71. The van der Waals surface area contributed by atoms with Crippen LogP contribution in [0.2, 0.25) is 0 Å². The molecule has 1 saturated carbocycles. The summed E-state index contributed by atoms with van der Waals surface area (Å²) < 4.78 is 5.84. The minimum Gasteiger partial charge on any atom is -0.377 e. The maximum atomic E-state index is 12.7. The molecule has 2 aliphatic rings. The zero-order valence-electron chi connectivity index (χ0n) is 14.3. The Morgan fingerprint density at radius 2 is 2.09 bits per heavy atom. The highest BCUT2D eigenvalue weighted by Crippen LogP contribution is 2.31. The zero-order chi connectivity index (χ0) is 16.2. The number of hydrogen-bond donors (Lipinski definition) is 1. The van der Waals surface area contributed by atoms with Crippen molar-refractivity contribution in [3.8, 4) is 0 Å². The van der Waals surface area contributed by atoms with Crippen molar-refractivity contribution in [3.63, 3.8) is 0 Å². The third-order valence-corrected chi connectivity index (χ3v) is 5.07. The summed E-state index contributed by atoms with van der Waals surface area (Å²) in [5.74, 6) is 0.170. The van der Waals surface area contributed by atoms with Crippen LogP contribution in [-0.4, -0.2) is 37.2 Å². The van der Waals surface area contributed by atoms with Crippen LogP contribution in [-0.2, 0) is 16.0 Å². The summed E-state index contributed by atoms with van der Waals surface area (Å²) in [6.07, 6.45) is 5.86. The fraction of sp³-hybridized carbons (Fsp3) is 0.632. The molecular formula is C19H28N2O2. The van der Waals surface area contributed by atoms with E-state index in [1.165, 1.54) is 18.4 Å². The third-order valence-electron chi connectivity index (χ3n) is 5.07. The first-order chi connectivity index (χ1) is 11.2. The topological polar surface area (TPSA) is 41.6 Å². The number of carbonyl (C=O) groups is 1. The lowest BCUT2D eigenvalue weighted by molar-refractivity contribution is -0.118. The second-order valence-electron chi connectivity index (χ2n) is 6.71. The summed E-state index contributed by atoms with van der Waals surface area (Å²) in [5, 5.41) is 3.47. The lowest BCUT2D eigenvalue weighted by atomic mass is 9.92. The average molecular weight is 316 g/mol. The molecule has 3 atom stereocenters. The van der Waals surface area contributed by atoms with Crippen molar-refractivity contribution in [3.05, 3.63) is 29.8 Å². The molecule has 1 aromatic rings. The van der Waals surface area contributed by atoms with E-state index in [0.29, 0.717) is 12.6 Å². The molecule has 126 valence electrons. The summed E-state index contributed by atoms with van der Waals surface area (Å²) in [6.45, 7) is 5.31. The smallest absolute Gasteiger partial charge is 0.241 e. The number of amides is 1. The monoisotopic (exact) mass is 316 g/mol. The van der Waals surface area contributed by atoms with E-state index < -0.39 is 0 Å². The maximum absolute atomic E-state index is 12.7. The number of anilines is 1. The van der Waals surface area contributed by atoms with Gasteiger partial charge in [0, 0.05) is 24.4 Å². The maximum Gasteiger partial charge on any atom is 0.241 e. The van der Waals surface area contributed by atoms with E-state index in [1.807, 2.05) is 24.0 Å². The highest BCUT2D eigenvalue weighted by atomic mass is 16.5. The Bertz CT molecular complexity index is 544. The number of ether oxygens (including phenoxy) is 1. The summed E-state index contributed by atoms with van der Waals surface area (Å²) >= 11 is 0. The number of rotatable bonds is 5. The third kappa shape index (κ3) is 3.59. The summed E-state index contributed by atoms with van der Waals surface area (Å²) in [5.41, 5.74) is 2.36. The van der Waals surface area contributed by atoms with Gasteiger partial charge in [-0.1, -0.05) is 31.0 Å². The Morgan fingerprint density at radius 1 is 1.30 bits per heavy atom. The lowest BCUT2D eigenvalue weighted by Crippen LogP contribution is -2.49. The molecule has 1 aromatic carbocycles. The molecule has 0 saturated heterocycles. The van der Waals surface area contributed by atoms with Crippen molar-refractivity contribution in [2.75, 3.05) is 18.1 Å². The van der Waals surface area contributed by atoms with Gasteiger partial charge in [-0.05, 0) is 44.7 Å². The largest absolute Gasteiger partial charge is 0.377 e. The van der Waals surface area contributed by atoms with Crippen LogP contribution in [0, 0.1) is 0 Å². The van der Waals surface area contributed by atoms with E-state index in [0.717, 1.165) is 31.6 Å². The fourth-order valence-electron chi connectivity index (χ4n) is 3.99. The lowest BCUT2D eigenvalue weighted by Gasteiger charge is -2.32. The molecule has 1 fully saturated rings. The summed E-state index contributed by atoms with van der Waals surface area (Å²) in [4.78, 5) is 14.7. The summed E-state index contributed by atoms with van der Waals surface area (Å²) in [7, 11) is 0. The Hall–Kier alpha value is -1.39. The second kappa shape index (κ2) is 7.45. The SMILES string of the molecule is CCO[C@@H]1CCCC[C@H]1NCC(=O)N1c2ccccc2CC1C. The van der Waals surface area contributed by atoms with Gasteiger partial charge in [0.2, 0.25) is 5.91 Å². The van der Waals surface area contributed by atoms with Gasteiger partial charge >= 0.3 is 0 Å². The molecule has 1 aliphatic heterocycles. The number of hydrogen-bond acceptors (Lipinski definition) is 3. The molecule has 3 rings (SSSR count). The molecule has 0 spiro atoms. The van der Waals surface area contributed by atoms with Crippen molar-refractivity contribution >= 4 is 11.6 Å². The van der Waals surface area contributed by atoms with Crippen LogP contribution in [0.5, 0.6) is 0 Å². The van der Waals surface area contributed by atoms with Gasteiger partial charge in [-0.2, -0.15) is 0 Å². The van der Waals surface area contributed by atoms with Gasteiger partial charge in [-0.3, -0.25) is 4.79 Å². The zero-order valence-corrected chi connectivity index (χ0v) is 14.3. The van der Waals surface area contributed by atoms with Gasteiger partial charge < -0.3 is 15.0 Å². The van der Waals surface area contributed by atoms with Crippen molar-refractivity contribution < 1.29 is 9.53 Å². The number of nitrogens with one attached hydrogen (secondary N) is 1. The average Bonchev–Trinajstić information content (AvgIpc) is 2.90. The van der Waals surface area contributed by atoms with Gasteiger partial charge in [0.25, 0.3) is 0 Å². The van der Waals surface area contributed by atoms with Gasteiger partial charge in [-0.15, -0.1) is 0 Å².